The third kappa shape index (κ3) is 3.21. The molecule has 2 rings (SSSR count). The van der Waals surface area contributed by atoms with Gasteiger partial charge in [0.2, 0.25) is 0 Å². The van der Waals surface area contributed by atoms with E-state index in [9.17, 15) is 0 Å². The highest BCUT2D eigenvalue weighted by molar-refractivity contribution is 5.71. The van der Waals surface area contributed by atoms with Crippen molar-refractivity contribution in [3.63, 3.8) is 0 Å². The van der Waals surface area contributed by atoms with Crippen molar-refractivity contribution in [2.45, 2.75) is 34.2 Å². The smallest absolute Gasteiger partial charge is 0.0346 e. The number of nitrogens with zero attached hydrogens (tertiary/aromatic N) is 1. The Kier molecular flexibility index (Phi) is 4.33. The van der Waals surface area contributed by atoms with Gasteiger partial charge in [0.25, 0.3) is 0 Å². The minimum absolute atomic E-state index is 0.876. The van der Waals surface area contributed by atoms with Crippen LogP contribution in [0.15, 0.2) is 30.6 Å². The number of pyridine rings is 1. The van der Waals surface area contributed by atoms with E-state index in [4.69, 9.17) is 0 Å². The van der Waals surface area contributed by atoms with Crippen molar-refractivity contribution in [2.24, 2.45) is 0 Å². The molecular formula is C17H22N2. The topological polar surface area (TPSA) is 24.9 Å². The van der Waals surface area contributed by atoms with E-state index in [1.165, 1.54) is 33.4 Å². The van der Waals surface area contributed by atoms with E-state index < -0.39 is 0 Å². The summed E-state index contributed by atoms with van der Waals surface area (Å²) in [4.78, 5) is 4.38. The lowest BCUT2D eigenvalue weighted by atomic mass is 9.94. The zero-order valence-electron chi connectivity index (χ0n) is 12.2. The van der Waals surface area contributed by atoms with Crippen LogP contribution in [0.3, 0.4) is 0 Å². The first kappa shape index (κ1) is 13.8. The van der Waals surface area contributed by atoms with E-state index >= 15 is 0 Å². The third-order valence-corrected chi connectivity index (χ3v) is 3.34. The first-order valence-electron chi connectivity index (χ1n) is 6.84. The molecule has 0 aliphatic carbocycles. The molecule has 0 aliphatic rings. The van der Waals surface area contributed by atoms with Gasteiger partial charge in [0.15, 0.2) is 0 Å². The molecule has 0 unspecified atom stereocenters. The quantitative estimate of drug-likeness (QED) is 0.898. The third-order valence-electron chi connectivity index (χ3n) is 3.34. The molecule has 2 nitrogen and oxygen atoms in total. The number of aryl methyl sites for hydroxylation is 3. The summed E-state index contributed by atoms with van der Waals surface area (Å²) in [6.07, 6.45) is 3.89. The van der Waals surface area contributed by atoms with Crippen LogP contribution in [-0.2, 0) is 6.54 Å². The highest BCUT2D eigenvalue weighted by Gasteiger charge is 2.07. The van der Waals surface area contributed by atoms with Crippen LogP contribution in [-0.4, -0.2) is 11.5 Å². The Morgan fingerprint density at radius 3 is 2.32 bits per heavy atom. The van der Waals surface area contributed by atoms with Gasteiger partial charge in [0.05, 0.1) is 0 Å². The van der Waals surface area contributed by atoms with Gasteiger partial charge in [-0.05, 0) is 55.6 Å². The largest absolute Gasteiger partial charge is 0.313 e. The zero-order chi connectivity index (χ0) is 13.8. The summed E-state index contributed by atoms with van der Waals surface area (Å²) in [5.74, 6) is 0. The fourth-order valence-electron chi connectivity index (χ4n) is 2.63. The summed E-state index contributed by atoms with van der Waals surface area (Å²) in [6.45, 7) is 10.5. The van der Waals surface area contributed by atoms with Gasteiger partial charge in [-0.25, -0.2) is 0 Å². The maximum Gasteiger partial charge on any atom is 0.0346 e. The average Bonchev–Trinajstić information content (AvgIpc) is 2.35. The van der Waals surface area contributed by atoms with Gasteiger partial charge >= 0.3 is 0 Å². The van der Waals surface area contributed by atoms with Gasteiger partial charge in [-0.1, -0.05) is 24.6 Å². The summed E-state index contributed by atoms with van der Waals surface area (Å²) in [5, 5.41) is 3.34. The fourth-order valence-corrected chi connectivity index (χ4v) is 2.63. The lowest BCUT2D eigenvalue weighted by molar-refractivity contribution is 0.724. The minimum Gasteiger partial charge on any atom is -0.313 e. The molecule has 0 spiro atoms. The van der Waals surface area contributed by atoms with E-state index in [0.29, 0.717) is 0 Å². The van der Waals surface area contributed by atoms with Gasteiger partial charge in [0, 0.05) is 24.5 Å². The molecule has 0 amide bonds. The summed E-state index contributed by atoms with van der Waals surface area (Å²) >= 11 is 0. The van der Waals surface area contributed by atoms with E-state index in [0.717, 1.165) is 13.1 Å². The molecule has 0 atom stereocenters. The standard InChI is InChI=1S/C17H22N2/c1-5-18-9-15-8-16(11-19-10-15)17-13(3)6-12(2)7-14(17)4/h6-8,10-11,18H,5,9H2,1-4H3. The molecule has 100 valence electrons. The van der Waals surface area contributed by atoms with Gasteiger partial charge in [0.1, 0.15) is 0 Å². The van der Waals surface area contributed by atoms with E-state index in [1.807, 2.05) is 12.4 Å². The lowest BCUT2D eigenvalue weighted by Crippen LogP contribution is -2.11. The van der Waals surface area contributed by atoms with Crippen molar-refractivity contribution >= 4 is 0 Å². The van der Waals surface area contributed by atoms with Crippen molar-refractivity contribution in [2.75, 3.05) is 6.54 Å². The highest BCUT2D eigenvalue weighted by Crippen LogP contribution is 2.28. The molecule has 1 aromatic heterocycles. The first-order chi connectivity index (χ1) is 9.11. The van der Waals surface area contributed by atoms with Crippen molar-refractivity contribution in [1.29, 1.82) is 0 Å². The Labute approximate surface area is 115 Å². The normalized spacial score (nSPS) is 10.7. The Balaban J connectivity index is 2.42. The Morgan fingerprint density at radius 1 is 1.00 bits per heavy atom. The zero-order valence-corrected chi connectivity index (χ0v) is 12.2. The Hall–Kier alpha value is -1.67. The molecule has 0 saturated carbocycles. The molecule has 1 heterocycles. The second-order valence-corrected chi connectivity index (χ2v) is 5.14. The molecule has 19 heavy (non-hydrogen) atoms. The molecule has 0 aliphatic heterocycles. The number of aromatic nitrogens is 1. The second-order valence-electron chi connectivity index (χ2n) is 5.14. The fraction of sp³-hybridized carbons (Fsp3) is 0.353. The summed E-state index contributed by atoms with van der Waals surface area (Å²) < 4.78 is 0. The number of hydrogen-bond donors (Lipinski definition) is 1. The van der Waals surface area contributed by atoms with Crippen molar-refractivity contribution in [3.05, 3.63) is 52.8 Å². The molecule has 0 radical (unpaired) electrons. The van der Waals surface area contributed by atoms with Gasteiger partial charge in [-0.15, -0.1) is 0 Å². The number of rotatable bonds is 4. The van der Waals surface area contributed by atoms with Crippen LogP contribution in [0.1, 0.15) is 29.2 Å². The van der Waals surface area contributed by atoms with Crippen LogP contribution in [0, 0.1) is 20.8 Å². The average molecular weight is 254 g/mol. The number of nitrogens with one attached hydrogen (secondary N) is 1. The van der Waals surface area contributed by atoms with E-state index in [1.54, 1.807) is 0 Å². The van der Waals surface area contributed by atoms with Crippen molar-refractivity contribution in [1.82, 2.24) is 10.3 Å². The van der Waals surface area contributed by atoms with E-state index in [-0.39, 0.29) is 0 Å². The molecule has 1 aromatic carbocycles. The van der Waals surface area contributed by atoms with Crippen LogP contribution < -0.4 is 5.32 Å². The molecular weight excluding hydrogens is 232 g/mol. The van der Waals surface area contributed by atoms with Crippen LogP contribution in [0.2, 0.25) is 0 Å². The SMILES string of the molecule is CCNCc1cncc(-c2c(C)cc(C)cc2C)c1. The van der Waals surface area contributed by atoms with Gasteiger partial charge in [-0.2, -0.15) is 0 Å². The van der Waals surface area contributed by atoms with Crippen LogP contribution in [0.5, 0.6) is 0 Å². The predicted molar refractivity (Wildman–Crippen MR) is 81.3 cm³/mol. The first-order valence-corrected chi connectivity index (χ1v) is 6.84. The summed E-state index contributed by atoms with van der Waals surface area (Å²) in [6, 6.07) is 6.71. The van der Waals surface area contributed by atoms with Crippen LogP contribution >= 0.6 is 0 Å². The monoisotopic (exact) mass is 254 g/mol. The maximum atomic E-state index is 4.38. The Bertz CT molecular complexity index is 550. The van der Waals surface area contributed by atoms with Crippen LogP contribution in [0.4, 0.5) is 0 Å². The molecule has 0 bridgehead atoms. The lowest BCUT2D eigenvalue weighted by Gasteiger charge is -2.12. The summed E-state index contributed by atoms with van der Waals surface area (Å²) in [7, 11) is 0. The van der Waals surface area contributed by atoms with Crippen molar-refractivity contribution in [3.8, 4) is 11.1 Å². The van der Waals surface area contributed by atoms with Gasteiger partial charge < -0.3 is 5.32 Å². The predicted octanol–water partition coefficient (Wildman–Crippen LogP) is 3.78. The molecule has 2 heteroatoms. The molecule has 0 fully saturated rings. The summed E-state index contributed by atoms with van der Waals surface area (Å²) in [5.41, 5.74) is 7.72. The highest BCUT2D eigenvalue weighted by atomic mass is 14.8. The number of hydrogen-bond acceptors (Lipinski definition) is 2. The molecule has 1 N–H and O–H groups in total. The Morgan fingerprint density at radius 2 is 1.68 bits per heavy atom. The molecule has 2 aromatic rings. The van der Waals surface area contributed by atoms with Gasteiger partial charge in [-0.3, -0.25) is 4.98 Å². The second kappa shape index (κ2) is 5.98. The van der Waals surface area contributed by atoms with Crippen LogP contribution in [0.25, 0.3) is 11.1 Å². The molecule has 0 saturated heterocycles. The minimum atomic E-state index is 0.876. The van der Waals surface area contributed by atoms with E-state index in [2.05, 4.69) is 56.2 Å². The maximum absolute atomic E-state index is 4.38. The number of benzene rings is 1. The van der Waals surface area contributed by atoms with Crippen molar-refractivity contribution < 1.29 is 0 Å².